The predicted octanol–water partition coefficient (Wildman–Crippen LogP) is 4.17. The van der Waals surface area contributed by atoms with Gasteiger partial charge in [-0.25, -0.2) is 4.98 Å². The van der Waals surface area contributed by atoms with Crippen molar-refractivity contribution < 1.29 is 14.3 Å². The average Bonchev–Trinajstić information content (AvgIpc) is 2.87. The molecule has 1 fully saturated rings. The van der Waals surface area contributed by atoms with E-state index >= 15 is 0 Å². The van der Waals surface area contributed by atoms with Crippen LogP contribution in [0.5, 0.6) is 0 Å². The van der Waals surface area contributed by atoms with Gasteiger partial charge in [0.05, 0.1) is 0 Å². The van der Waals surface area contributed by atoms with Crippen molar-refractivity contribution in [3.8, 4) is 0 Å². The lowest BCUT2D eigenvalue weighted by Gasteiger charge is -2.35. The summed E-state index contributed by atoms with van der Waals surface area (Å²) in [5.41, 5.74) is 2.04. The third-order valence-corrected chi connectivity index (χ3v) is 6.45. The van der Waals surface area contributed by atoms with Crippen LogP contribution >= 0.6 is 0 Å². The number of amidine groups is 1. The standard InChI is InChI=1S/C28H39N5O3/c1-19(21-9-7-6-8-10-21)23-17-22(18-24(32-23)26(35)30-5)25(34)31-14-11-20-12-15-33(16-13-20)27(29)36-28(2,3)4/h6-10,17-20,29H,11-16H2,1-5H3,(H,30,35)(H,31,34). The summed E-state index contributed by atoms with van der Waals surface area (Å²) in [6.45, 7) is 9.99. The monoisotopic (exact) mass is 493 g/mol. The van der Waals surface area contributed by atoms with E-state index in [0.717, 1.165) is 37.9 Å². The third kappa shape index (κ3) is 7.54. The number of rotatable bonds is 7. The molecule has 0 aliphatic carbocycles. The van der Waals surface area contributed by atoms with E-state index in [-0.39, 0.29) is 35.0 Å². The van der Waals surface area contributed by atoms with E-state index in [1.807, 2.05) is 62.9 Å². The van der Waals surface area contributed by atoms with E-state index in [9.17, 15) is 9.59 Å². The molecule has 3 rings (SSSR count). The van der Waals surface area contributed by atoms with Crippen LogP contribution in [-0.4, -0.2) is 60.0 Å². The van der Waals surface area contributed by atoms with E-state index < -0.39 is 0 Å². The number of nitrogens with one attached hydrogen (secondary N) is 3. The number of aromatic nitrogens is 1. The topological polar surface area (TPSA) is 107 Å². The minimum atomic E-state index is -0.373. The number of piperidine rings is 1. The zero-order valence-corrected chi connectivity index (χ0v) is 22.1. The number of amides is 2. The first kappa shape index (κ1) is 27.2. The second kappa shape index (κ2) is 12.0. The molecular weight excluding hydrogens is 454 g/mol. The van der Waals surface area contributed by atoms with E-state index in [2.05, 4.69) is 15.6 Å². The number of hydrogen-bond donors (Lipinski definition) is 3. The fraction of sp³-hybridized carbons (Fsp3) is 0.500. The molecular formula is C28H39N5O3. The van der Waals surface area contributed by atoms with Gasteiger partial charge in [0.2, 0.25) is 0 Å². The first-order valence-corrected chi connectivity index (χ1v) is 12.7. The minimum Gasteiger partial charge on any atom is -0.460 e. The quantitative estimate of drug-likeness (QED) is 0.396. The summed E-state index contributed by atoms with van der Waals surface area (Å²) in [5, 5.41) is 13.8. The second-order valence-corrected chi connectivity index (χ2v) is 10.4. The molecule has 1 aromatic carbocycles. The highest BCUT2D eigenvalue weighted by molar-refractivity contribution is 5.98. The molecule has 194 valence electrons. The van der Waals surface area contributed by atoms with Gasteiger partial charge in [-0.05, 0) is 63.6 Å². The number of likely N-dealkylation sites (tertiary alicyclic amines) is 1. The van der Waals surface area contributed by atoms with Crippen molar-refractivity contribution in [2.75, 3.05) is 26.7 Å². The lowest BCUT2D eigenvalue weighted by Crippen LogP contribution is -2.42. The molecule has 1 atom stereocenters. The molecule has 0 spiro atoms. The van der Waals surface area contributed by atoms with Gasteiger partial charge in [-0.15, -0.1) is 0 Å². The predicted molar refractivity (Wildman–Crippen MR) is 141 cm³/mol. The minimum absolute atomic E-state index is 0.0615. The Balaban J connectivity index is 1.58. The van der Waals surface area contributed by atoms with Crippen LogP contribution in [-0.2, 0) is 4.74 Å². The lowest BCUT2D eigenvalue weighted by atomic mass is 9.93. The van der Waals surface area contributed by atoms with Crippen LogP contribution in [0.15, 0.2) is 42.5 Å². The summed E-state index contributed by atoms with van der Waals surface area (Å²) in [4.78, 5) is 31.9. The molecule has 8 heteroatoms. The van der Waals surface area contributed by atoms with Crippen LogP contribution in [0.3, 0.4) is 0 Å². The maximum atomic E-state index is 13.0. The van der Waals surface area contributed by atoms with Crippen molar-refractivity contribution in [1.82, 2.24) is 20.5 Å². The molecule has 0 saturated carbocycles. The molecule has 1 aromatic heterocycles. The molecule has 2 aromatic rings. The number of pyridine rings is 1. The largest absolute Gasteiger partial charge is 0.460 e. The molecule has 0 bridgehead atoms. The maximum absolute atomic E-state index is 13.0. The lowest BCUT2D eigenvalue weighted by molar-refractivity contribution is 0.0763. The van der Waals surface area contributed by atoms with Crippen molar-refractivity contribution in [2.45, 2.75) is 58.5 Å². The van der Waals surface area contributed by atoms with Crippen molar-refractivity contribution in [3.63, 3.8) is 0 Å². The Morgan fingerprint density at radius 3 is 2.42 bits per heavy atom. The molecule has 1 saturated heterocycles. The Kier molecular flexibility index (Phi) is 9.07. The maximum Gasteiger partial charge on any atom is 0.284 e. The van der Waals surface area contributed by atoms with Crippen molar-refractivity contribution in [2.24, 2.45) is 5.92 Å². The highest BCUT2D eigenvalue weighted by atomic mass is 16.5. The van der Waals surface area contributed by atoms with Gasteiger partial charge >= 0.3 is 0 Å². The van der Waals surface area contributed by atoms with E-state index in [4.69, 9.17) is 10.1 Å². The summed E-state index contributed by atoms with van der Waals surface area (Å²) >= 11 is 0. The van der Waals surface area contributed by atoms with Crippen molar-refractivity contribution >= 4 is 17.8 Å². The third-order valence-electron chi connectivity index (χ3n) is 6.45. The van der Waals surface area contributed by atoms with E-state index in [1.165, 1.54) is 0 Å². The summed E-state index contributed by atoms with van der Waals surface area (Å²) in [5.74, 6) is -0.106. The highest BCUT2D eigenvalue weighted by Gasteiger charge is 2.25. The summed E-state index contributed by atoms with van der Waals surface area (Å²) in [7, 11) is 1.55. The first-order valence-electron chi connectivity index (χ1n) is 12.7. The van der Waals surface area contributed by atoms with Crippen LogP contribution in [0.25, 0.3) is 0 Å². The molecule has 0 radical (unpaired) electrons. The number of carbonyl (C=O) groups excluding carboxylic acids is 2. The Bertz CT molecular complexity index is 1060. The Labute approximate surface area is 214 Å². The highest BCUT2D eigenvalue weighted by Crippen LogP contribution is 2.24. The molecule has 36 heavy (non-hydrogen) atoms. The number of nitrogens with zero attached hydrogens (tertiary/aromatic N) is 2. The first-order chi connectivity index (χ1) is 17.1. The van der Waals surface area contributed by atoms with Crippen LogP contribution in [0.1, 0.15) is 85.0 Å². The van der Waals surface area contributed by atoms with E-state index in [0.29, 0.717) is 23.7 Å². The number of ether oxygens (including phenoxy) is 1. The van der Waals surface area contributed by atoms with Gasteiger partial charge in [-0.1, -0.05) is 37.3 Å². The fourth-order valence-electron chi connectivity index (χ4n) is 4.33. The molecule has 1 aliphatic rings. The number of benzene rings is 1. The number of carbonyl (C=O) groups is 2. The molecule has 2 heterocycles. The SMILES string of the molecule is CNC(=O)c1cc(C(=O)NCCC2CCN(C(=N)OC(C)(C)C)CC2)cc(C(C)c2ccccc2)n1. The summed E-state index contributed by atoms with van der Waals surface area (Å²) in [6, 6.07) is 13.5. The molecule has 2 amide bonds. The van der Waals surface area contributed by atoms with Crippen LogP contribution in [0.2, 0.25) is 0 Å². The molecule has 8 nitrogen and oxygen atoms in total. The van der Waals surface area contributed by atoms with Gasteiger partial charge in [0, 0.05) is 43.9 Å². The van der Waals surface area contributed by atoms with E-state index in [1.54, 1.807) is 19.2 Å². The van der Waals surface area contributed by atoms with Crippen LogP contribution in [0.4, 0.5) is 0 Å². The summed E-state index contributed by atoms with van der Waals surface area (Å²) < 4.78 is 5.68. The molecule has 1 unspecified atom stereocenters. The van der Waals surface area contributed by atoms with Gasteiger partial charge in [-0.3, -0.25) is 15.0 Å². The van der Waals surface area contributed by atoms with Crippen molar-refractivity contribution in [3.05, 3.63) is 65.0 Å². The molecule has 3 N–H and O–H groups in total. The zero-order chi connectivity index (χ0) is 26.3. The second-order valence-electron chi connectivity index (χ2n) is 10.4. The van der Waals surface area contributed by atoms with Crippen LogP contribution < -0.4 is 10.6 Å². The average molecular weight is 494 g/mol. The summed E-state index contributed by atoms with van der Waals surface area (Å²) in [6.07, 6.45) is 2.79. The Morgan fingerprint density at radius 2 is 1.81 bits per heavy atom. The normalized spacial score (nSPS) is 15.2. The van der Waals surface area contributed by atoms with Gasteiger partial charge in [0.25, 0.3) is 17.8 Å². The Morgan fingerprint density at radius 1 is 1.14 bits per heavy atom. The van der Waals surface area contributed by atoms with Crippen LogP contribution in [0, 0.1) is 11.3 Å². The zero-order valence-electron chi connectivity index (χ0n) is 22.1. The fourth-order valence-corrected chi connectivity index (χ4v) is 4.33. The van der Waals surface area contributed by atoms with Gasteiger partial charge < -0.3 is 20.3 Å². The van der Waals surface area contributed by atoms with Gasteiger partial charge in [0.1, 0.15) is 11.3 Å². The van der Waals surface area contributed by atoms with Gasteiger partial charge in [-0.2, -0.15) is 0 Å². The number of hydrogen-bond acceptors (Lipinski definition) is 5. The van der Waals surface area contributed by atoms with Crippen molar-refractivity contribution in [1.29, 1.82) is 5.41 Å². The molecule has 1 aliphatic heterocycles. The Hall–Kier alpha value is -3.42. The van der Waals surface area contributed by atoms with Gasteiger partial charge in [0.15, 0.2) is 0 Å². The smallest absolute Gasteiger partial charge is 0.284 e.